The average Bonchev–Trinajstić information content (AvgIpc) is 2.47. The lowest BCUT2D eigenvalue weighted by Gasteiger charge is -2.33. The molecule has 0 saturated carbocycles. The number of nitrogens with zero attached hydrogens (tertiary/aromatic N) is 3. The molecule has 0 bridgehead atoms. The van der Waals surface area contributed by atoms with Crippen molar-refractivity contribution in [2.75, 3.05) is 23.4 Å². The summed E-state index contributed by atoms with van der Waals surface area (Å²) in [5, 5.41) is 0. The van der Waals surface area contributed by atoms with Gasteiger partial charge in [-0.25, -0.2) is 15.8 Å². The zero-order chi connectivity index (χ0) is 15.5. The van der Waals surface area contributed by atoms with Crippen LogP contribution < -0.4 is 16.2 Å². The molecule has 1 saturated heterocycles. The number of hydrazine groups is 1. The number of anilines is 2. The second-order valence-corrected chi connectivity index (χ2v) is 5.30. The summed E-state index contributed by atoms with van der Waals surface area (Å²) in [5.74, 6) is 4.94. The van der Waals surface area contributed by atoms with Crippen molar-refractivity contribution in [2.24, 2.45) is 11.8 Å². The number of hydrogen-bond donors (Lipinski definition) is 2. The molecule has 0 aliphatic carbocycles. The van der Waals surface area contributed by atoms with E-state index in [1.54, 1.807) is 0 Å². The molecule has 1 aliphatic rings. The van der Waals surface area contributed by atoms with Crippen molar-refractivity contribution < 1.29 is 13.2 Å². The third kappa shape index (κ3) is 3.96. The van der Waals surface area contributed by atoms with Crippen LogP contribution in [0.1, 0.15) is 38.4 Å². The highest BCUT2D eigenvalue weighted by Crippen LogP contribution is 2.31. The lowest BCUT2D eigenvalue weighted by molar-refractivity contribution is -0.144. The first-order valence-corrected chi connectivity index (χ1v) is 7.12. The van der Waals surface area contributed by atoms with E-state index in [4.69, 9.17) is 5.84 Å². The highest BCUT2D eigenvalue weighted by atomic mass is 19.4. The maximum atomic E-state index is 12.8. The van der Waals surface area contributed by atoms with Crippen LogP contribution in [0.25, 0.3) is 0 Å². The fourth-order valence-corrected chi connectivity index (χ4v) is 2.66. The van der Waals surface area contributed by atoms with Crippen molar-refractivity contribution in [3.63, 3.8) is 0 Å². The minimum absolute atomic E-state index is 0.0250. The molecule has 118 valence electrons. The zero-order valence-corrected chi connectivity index (χ0v) is 12.0. The largest absolute Gasteiger partial charge is 0.451 e. The van der Waals surface area contributed by atoms with Crippen LogP contribution >= 0.6 is 0 Å². The molecule has 0 atom stereocenters. The van der Waals surface area contributed by atoms with Crippen molar-refractivity contribution in [1.29, 1.82) is 0 Å². The summed E-state index contributed by atoms with van der Waals surface area (Å²) in [4.78, 5) is 8.87. The molecule has 0 amide bonds. The van der Waals surface area contributed by atoms with Crippen LogP contribution in [0.4, 0.5) is 24.8 Å². The van der Waals surface area contributed by atoms with Gasteiger partial charge in [0.25, 0.3) is 0 Å². The van der Waals surface area contributed by atoms with Crippen molar-refractivity contribution >= 4 is 11.6 Å². The molecule has 0 unspecified atom stereocenters. The Bertz CT molecular complexity index is 469. The minimum atomic E-state index is -4.58. The Balaban J connectivity index is 2.16. The maximum Gasteiger partial charge on any atom is 0.451 e. The van der Waals surface area contributed by atoms with Crippen molar-refractivity contribution in [1.82, 2.24) is 9.97 Å². The molecule has 0 aromatic carbocycles. The van der Waals surface area contributed by atoms with E-state index in [-0.39, 0.29) is 11.6 Å². The summed E-state index contributed by atoms with van der Waals surface area (Å²) in [5.41, 5.74) is 2.17. The van der Waals surface area contributed by atoms with Gasteiger partial charge in [0.15, 0.2) is 0 Å². The number of nitrogens with two attached hydrogens (primary N) is 1. The summed E-state index contributed by atoms with van der Waals surface area (Å²) in [6.45, 7) is 3.57. The second-order valence-electron chi connectivity index (χ2n) is 5.30. The van der Waals surface area contributed by atoms with E-state index in [0.717, 1.165) is 19.3 Å². The Hall–Kier alpha value is -1.57. The summed E-state index contributed by atoms with van der Waals surface area (Å²) in [7, 11) is 0. The Morgan fingerprint density at radius 3 is 2.52 bits per heavy atom. The van der Waals surface area contributed by atoms with Gasteiger partial charge in [0.05, 0.1) is 0 Å². The molecule has 1 fully saturated rings. The first kappa shape index (κ1) is 15.8. The first-order chi connectivity index (χ1) is 9.94. The van der Waals surface area contributed by atoms with Crippen molar-refractivity contribution in [3.05, 3.63) is 11.9 Å². The lowest BCUT2D eigenvalue weighted by atomic mass is 9.92. The number of aromatic nitrogens is 2. The third-order valence-electron chi connectivity index (χ3n) is 3.75. The molecule has 0 radical (unpaired) electrons. The number of nitrogen functional groups attached to an aromatic ring is 1. The highest BCUT2D eigenvalue weighted by molar-refractivity contribution is 5.49. The van der Waals surface area contributed by atoms with E-state index in [2.05, 4.69) is 22.3 Å². The number of nitrogens with one attached hydrogen (secondary N) is 1. The standard InChI is InChI=1S/C13H20F3N5/c1-2-3-9-4-6-21(7-5-9)11-8-10(20-17)18-12(19-11)13(14,15)16/h8-9H,2-7,17H2,1H3,(H,18,19,20). The molecule has 21 heavy (non-hydrogen) atoms. The molecule has 1 aliphatic heterocycles. The van der Waals surface area contributed by atoms with Gasteiger partial charge in [-0.3, -0.25) is 0 Å². The smallest absolute Gasteiger partial charge is 0.356 e. The predicted octanol–water partition coefficient (Wildman–Crippen LogP) is 2.80. The summed E-state index contributed by atoms with van der Waals surface area (Å²) < 4.78 is 38.4. The van der Waals surface area contributed by atoms with Gasteiger partial charge in [0.1, 0.15) is 11.6 Å². The number of piperidine rings is 1. The molecule has 8 heteroatoms. The van der Waals surface area contributed by atoms with Gasteiger partial charge in [-0.15, -0.1) is 0 Å². The van der Waals surface area contributed by atoms with Crippen LogP contribution in [0, 0.1) is 5.92 Å². The second kappa shape index (κ2) is 6.46. The number of halogens is 3. The molecule has 3 N–H and O–H groups in total. The van der Waals surface area contributed by atoms with Crippen molar-refractivity contribution in [2.45, 2.75) is 38.8 Å². The fourth-order valence-electron chi connectivity index (χ4n) is 2.66. The number of alkyl halides is 3. The molecule has 1 aromatic rings. The molecule has 1 aromatic heterocycles. The Morgan fingerprint density at radius 2 is 2.00 bits per heavy atom. The fraction of sp³-hybridized carbons (Fsp3) is 0.692. The van der Waals surface area contributed by atoms with Gasteiger partial charge in [-0.2, -0.15) is 13.2 Å². The SMILES string of the molecule is CCCC1CCN(c2cc(NN)nc(C(F)(F)F)n2)CC1. The Labute approximate surface area is 121 Å². The summed E-state index contributed by atoms with van der Waals surface area (Å²) in [6.07, 6.45) is -0.323. The molecular weight excluding hydrogens is 283 g/mol. The van der Waals surface area contributed by atoms with Crippen molar-refractivity contribution in [3.8, 4) is 0 Å². The van der Waals surface area contributed by atoms with E-state index >= 15 is 0 Å². The monoisotopic (exact) mass is 303 g/mol. The third-order valence-corrected chi connectivity index (χ3v) is 3.75. The van der Waals surface area contributed by atoms with E-state index in [0.29, 0.717) is 19.0 Å². The Morgan fingerprint density at radius 1 is 1.33 bits per heavy atom. The quantitative estimate of drug-likeness (QED) is 0.661. The van der Waals surface area contributed by atoms with Crippen LogP contribution in [0.15, 0.2) is 6.07 Å². The highest BCUT2D eigenvalue weighted by Gasteiger charge is 2.36. The first-order valence-electron chi connectivity index (χ1n) is 7.12. The normalized spacial score (nSPS) is 17.1. The minimum Gasteiger partial charge on any atom is -0.356 e. The van der Waals surface area contributed by atoms with Gasteiger partial charge in [0.2, 0.25) is 5.82 Å². The Kier molecular flexibility index (Phi) is 4.87. The topological polar surface area (TPSA) is 67.1 Å². The van der Waals surface area contributed by atoms with Crippen LogP contribution in [-0.2, 0) is 6.18 Å². The van der Waals surface area contributed by atoms with Gasteiger partial charge in [-0.05, 0) is 18.8 Å². The number of hydrogen-bond acceptors (Lipinski definition) is 5. The maximum absolute atomic E-state index is 12.8. The zero-order valence-electron chi connectivity index (χ0n) is 12.0. The van der Waals surface area contributed by atoms with Gasteiger partial charge >= 0.3 is 6.18 Å². The lowest BCUT2D eigenvalue weighted by Crippen LogP contribution is -2.35. The molecular formula is C13H20F3N5. The van der Waals surface area contributed by atoms with E-state index < -0.39 is 12.0 Å². The van der Waals surface area contributed by atoms with E-state index in [9.17, 15) is 13.2 Å². The summed E-state index contributed by atoms with van der Waals surface area (Å²) >= 11 is 0. The van der Waals surface area contributed by atoms with Gasteiger partial charge < -0.3 is 10.3 Å². The molecule has 0 spiro atoms. The van der Waals surface area contributed by atoms with Crippen LogP contribution in [0.3, 0.4) is 0 Å². The summed E-state index contributed by atoms with van der Waals surface area (Å²) in [6, 6.07) is 1.45. The van der Waals surface area contributed by atoms with E-state index in [1.807, 2.05) is 4.90 Å². The molecule has 5 nitrogen and oxygen atoms in total. The van der Waals surface area contributed by atoms with Crippen LogP contribution in [0.2, 0.25) is 0 Å². The van der Waals surface area contributed by atoms with Gasteiger partial charge in [0, 0.05) is 19.2 Å². The van der Waals surface area contributed by atoms with Crippen LogP contribution in [-0.4, -0.2) is 23.1 Å². The molecule has 2 heterocycles. The average molecular weight is 303 g/mol. The van der Waals surface area contributed by atoms with Gasteiger partial charge in [-0.1, -0.05) is 19.8 Å². The van der Waals surface area contributed by atoms with E-state index in [1.165, 1.54) is 12.5 Å². The van der Waals surface area contributed by atoms with Crippen LogP contribution in [0.5, 0.6) is 0 Å². The predicted molar refractivity (Wildman–Crippen MR) is 74.7 cm³/mol. The number of rotatable bonds is 4. The molecule has 2 rings (SSSR count).